The second-order valence-electron chi connectivity index (χ2n) is 5.87. The summed E-state index contributed by atoms with van der Waals surface area (Å²) in [6.07, 6.45) is 4.33. The summed E-state index contributed by atoms with van der Waals surface area (Å²) >= 11 is 0. The Bertz CT molecular complexity index is 462. The third-order valence-corrected chi connectivity index (χ3v) is 4.25. The Balaban J connectivity index is 2.01. The van der Waals surface area contributed by atoms with Crippen LogP contribution in [0.4, 0.5) is 0 Å². The lowest BCUT2D eigenvalue weighted by Gasteiger charge is -2.26. The van der Waals surface area contributed by atoms with Crippen LogP contribution in [-0.4, -0.2) is 24.2 Å². The van der Waals surface area contributed by atoms with Crippen molar-refractivity contribution in [2.24, 2.45) is 5.41 Å². The summed E-state index contributed by atoms with van der Waals surface area (Å²) in [6, 6.07) is 5.85. The number of rotatable bonds is 4. The molecule has 0 heterocycles. The van der Waals surface area contributed by atoms with E-state index in [4.69, 9.17) is 0 Å². The van der Waals surface area contributed by atoms with Crippen molar-refractivity contribution in [1.82, 2.24) is 5.32 Å². The largest absolute Gasteiger partial charge is 0.396 e. The van der Waals surface area contributed by atoms with Gasteiger partial charge in [0, 0.05) is 17.5 Å². The van der Waals surface area contributed by atoms with Crippen LogP contribution in [0.15, 0.2) is 18.2 Å². The Morgan fingerprint density at radius 3 is 2.58 bits per heavy atom. The summed E-state index contributed by atoms with van der Waals surface area (Å²) < 4.78 is 0. The molecule has 3 heteroatoms. The van der Waals surface area contributed by atoms with E-state index in [1.54, 1.807) is 0 Å². The zero-order valence-electron chi connectivity index (χ0n) is 11.8. The van der Waals surface area contributed by atoms with Crippen LogP contribution in [-0.2, 0) is 0 Å². The molecule has 19 heavy (non-hydrogen) atoms. The predicted octanol–water partition coefficient (Wildman–Crippen LogP) is 2.59. The predicted molar refractivity (Wildman–Crippen MR) is 76.2 cm³/mol. The van der Waals surface area contributed by atoms with Crippen LogP contribution in [0.2, 0.25) is 0 Å². The van der Waals surface area contributed by atoms with Gasteiger partial charge in [0.1, 0.15) is 0 Å². The van der Waals surface area contributed by atoms with Crippen LogP contribution < -0.4 is 5.32 Å². The minimum Gasteiger partial charge on any atom is -0.396 e. The highest BCUT2D eigenvalue weighted by atomic mass is 16.3. The van der Waals surface area contributed by atoms with Crippen molar-refractivity contribution >= 4 is 5.91 Å². The van der Waals surface area contributed by atoms with E-state index in [1.165, 1.54) is 0 Å². The van der Waals surface area contributed by atoms with Gasteiger partial charge in [-0.3, -0.25) is 4.79 Å². The molecule has 104 valence electrons. The van der Waals surface area contributed by atoms with Gasteiger partial charge in [-0.2, -0.15) is 0 Å². The van der Waals surface area contributed by atoms with Crippen molar-refractivity contribution in [2.45, 2.75) is 39.5 Å². The monoisotopic (exact) mass is 261 g/mol. The smallest absolute Gasteiger partial charge is 0.251 e. The number of amides is 1. The van der Waals surface area contributed by atoms with Crippen molar-refractivity contribution in [3.05, 3.63) is 34.9 Å². The van der Waals surface area contributed by atoms with E-state index in [2.05, 4.69) is 5.32 Å². The van der Waals surface area contributed by atoms with E-state index >= 15 is 0 Å². The fraction of sp³-hybridized carbons (Fsp3) is 0.562. The fourth-order valence-electron chi connectivity index (χ4n) is 2.95. The summed E-state index contributed by atoms with van der Waals surface area (Å²) in [4.78, 5) is 12.2. The first-order valence-electron chi connectivity index (χ1n) is 7.03. The van der Waals surface area contributed by atoms with Gasteiger partial charge in [0.05, 0.1) is 6.61 Å². The van der Waals surface area contributed by atoms with Crippen LogP contribution >= 0.6 is 0 Å². The number of nitrogens with one attached hydrogen (secondary N) is 1. The lowest BCUT2D eigenvalue weighted by molar-refractivity contribution is 0.0880. The van der Waals surface area contributed by atoms with Crippen LogP contribution in [0.3, 0.4) is 0 Å². The Morgan fingerprint density at radius 2 is 2.00 bits per heavy atom. The Morgan fingerprint density at radius 1 is 1.32 bits per heavy atom. The maximum atomic E-state index is 12.2. The molecule has 0 atom stereocenters. The minimum atomic E-state index is -0.0890. The van der Waals surface area contributed by atoms with Crippen molar-refractivity contribution in [1.29, 1.82) is 0 Å². The molecule has 0 aromatic heterocycles. The third-order valence-electron chi connectivity index (χ3n) is 4.25. The summed E-state index contributed by atoms with van der Waals surface area (Å²) in [5, 5.41) is 12.5. The molecule has 0 spiro atoms. The standard InChI is InChI=1S/C16H23NO2/c1-12-5-6-14(13(2)9-12)15(19)17-10-16(11-18)7-3-4-8-16/h5-6,9,18H,3-4,7-8,10-11H2,1-2H3,(H,17,19). The molecule has 3 nitrogen and oxygen atoms in total. The van der Waals surface area contributed by atoms with Gasteiger partial charge in [-0.25, -0.2) is 0 Å². The quantitative estimate of drug-likeness (QED) is 0.875. The molecule has 1 fully saturated rings. The van der Waals surface area contributed by atoms with Gasteiger partial charge in [0.25, 0.3) is 5.91 Å². The summed E-state index contributed by atoms with van der Waals surface area (Å²) in [7, 11) is 0. The number of benzene rings is 1. The van der Waals surface area contributed by atoms with Crippen molar-refractivity contribution in [2.75, 3.05) is 13.2 Å². The molecule has 0 radical (unpaired) electrons. The molecule has 0 bridgehead atoms. The van der Waals surface area contributed by atoms with Crippen LogP contribution in [0.5, 0.6) is 0 Å². The van der Waals surface area contributed by atoms with E-state index in [-0.39, 0.29) is 17.9 Å². The number of carbonyl (C=O) groups is 1. The molecule has 1 aromatic rings. The first-order valence-corrected chi connectivity index (χ1v) is 7.03. The lowest BCUT2D eigenvalue weighted by atomic mass is 9.87. The van der Waals surface area contributed by atoms with Crippen LogP contribution in [0, 0.1) is 19.3 Å². The van der Waals surface area contributed by atoms with Gasteiger partial charge in [-0.1, -0.05) is 30.5 Å². The molecule has 2 rings (SSSR count). The molecule has 0 saturated heterocycles. The number of aliphatic hydroxyl groups is 1. The molecule has 0 aliphatic heterocycles. The second kappa shape index (κ2) is 5.74. The van der Waals surface area contributed by atoms with Crippen molar-refractivity contribution < 1.29 is 9.90 Å². The van der Waals surface area contributed by atoms with Gasteiger partial charge < -0.3 is 10.4 Å². The molecule has 0 unspecified atom stereocenters. The average molecular weight is 261 g/mol. The number of hydrogen-bond donors (Lipinski definition) is 2. The molecule has 1 saturated carbocycles. The number of aryl methyl sites for hydroxylation is 2. The Labute approximate surface area is 115 Å². The first-order chi connectivity index (χ1) is 9.06. The highest BCUT2D eigenvalue weighted by Crippen LogP contribution is 2.36. The summed E-state index contributed by atoms with van der Waals surface area (Å²) in [6.45, 7) is 4.73. The van der Waals surface area contributed by atoms with E-state index in [0.717, 1.165) is 42.4 Å². The van der Waals surface area contributed by atoms with Crippen LogP contribution in [0.1, 0.15) is 47.2 Å². The number of carbonyl (C=O) groups excluding carboxylic acids is 1. The maximum absolute atomic E-state index is 12.2. The second-order valence-corrected chi connectivity index (χ2v) is 5.87. The van der Waals surface area contributed by atoms with Gasteiger partial charge in [0.15, 0.2) is 0 Å². The Kier molecular flexibility index (Phi) is 4.25. The van der Waals surface area contributed by atoms with Crippen molar-refractivity contribution in [3.8, 4) is 0 Å². The maximum Gasteiger partial charge on any atom is 0.251 e. The first kappa shape index (κ1) is 14.1. The lowest BCUT2D eigenvalue weighted by Crippen LogP contribution is -2.38. The van der Waals surface area contributed by atoms with E-state index in [9.17, 15) is 9.90 Å². The van der Waals surface area contributed by atoms with Gasteiger partial charge in [0.2, 0.25) is 0 Å². The molecule has 1 aliphatic rings. The SMILES string of the molecule is Cc1ccc(C(=O)NCC2(CO)CCCC2)c(C)c1. The van der Waals surface area contributed by atoms with E-state index in [0.29, 0.717) is 6.54 Å². The highest BCUT2D eigenvalue weighted by Gasteiger charge is 2.33. The minimum absolute atomic E-state index is 0.0303. The molecule has 1 aromatic carbocycles. The zero-order chi connectivity index (χ0) is 13.9. The van der Waals surface area contributed by atoms with E-state index < -0.39 is 0 Å². The van der Waals surface area contributed by atoms with E-state index in [1.807, 2.05) is 32.0 Å². The average Bonchev–Trinajstić information content (AvgIpc) is 2.85. The number of hydrogen-bond acceptors (Lipinski definition) is 2. The van der Waals surface area contributed by atoms with Gasteiger partial charge >= 0.3 is 0 Å². The van der Waals surface area contributed by atoms with Gasteiger partial charge in [-0.15, -0.1) is 0 Å². The topological polar surface area (TPSA) is 49.3 Å². The zero-order valence-corrected chi connectivity index (χ0v) is 11.8. The number of aliphatic hydroxyl groups excluding tert-OH is 1. The summed E-state index contributed by atoms with van der Waals surface area (Å²) in [5.41, 5.74) is 2.81. The van der Waals surface area contributed by atoms with Gasteiger partial charge in [-0.05, 0) is 38.3 Å². The molecule has 1 amide bonds. The fourth-order valence-corrected chi connectivity index (χ4v) is 2.95. The molecular weight excluding hydrogens is 238 g/mol. The Hall–Kier alpha value is -1.35. The highest BCUT2D eigenvalue weighted by molar-refractivity contribution is 5.95. The summed E-state index contributed by atoms with van der Waals surface area (Å²) in [5.74, 6) is -0.0303. The normalized spacial score (nSPS) is 17.4. The van der Waals surface area contributed by atoms with Crippen LogP contribution in [0.25, 0.3) is 0 Å². The molecule has 2 N–H and O–H groups in total. The molecule has 1 aliphatic carbocycles. The molecular formula is C16H23NO2. The third kappa shape index (κ3) is 3.16. The van der Waals surface area contributed by atoms with Crippen molar-refractivity contribution in [3.63, 3.8) is 0 Å².